The standard InChI is InChI=1S/C14H13BrFN3O/c1-8-10(15)5-3-7-12(8)18-14(20)9-4-2-6-11(16)13(9)19-17/h2-7,19H,17H2,1H3,(H,18,20). The van der Waals surface area contributed by atoms with E-state index in [1.54, 1.807) is 12.1 Å². The molecule has 0 saturated carbocycles. The molecule has 0 radical (unpaired) electrons. The number of nitrogens with two attached hydrogens (primary N) is 1. The fourth-order valence-corrected chi connectivity index (χ4v) is 2.16. The zero-order valence-corrected chi connectivity index (χ0v) is 12.3. The predicted molar refractivity (Wildman–Crippen MR) is 81.0 cm³/mol. The van der Waals surface area contributed by atoms with Crippen molar-refractivity contribution in [1.82, 2.24) is 0 Å². The van der Waals surface area contributed by atoms with Crippen LogP contribution in [-0.4, -0.2) is 5.91 Å². The quantitative estimate of drug-likeness (QED) is 0.593. The number of nitrogens with one attached hydrogen (secondary N) is 2. The Morgan fingerprint density at radius 3 is 2.65 bits per heavy atom. The summed E-state index contributed by atoms with van der Waals surface area (Å²) < 4.78 is 14.4. The van der Waals surface area contributed by atoms with Gasteiger partial charge in [-0.25, -0.2) is 4.39 Å². The van der Waals surface area contributed by atoms with Crippen molar-refractivity contribution in [3.05, 3.63) is 57.8 Å². The van der Waals surface area contributed by atoms with Gasteiger partial charge in [0.05, 0.1) is 11.3 Å². The number of nitrogen functional groups attached to an aromatic ring is 1. The van der Waals surface area contributed by atoms with Crippen LogP contribution in [-0.2, 0) is 0 Å². The van der Waals surface area contributed by atoms with Crippen LogP contribution >= 0.6 is 15.9 Å². The number of benzene rings is 2. The maximum absolute atomic E-state index is 13.6. The highest BCUT2D eigenvalue weighted by Gasteiger charge is 2.15. The number of hydrogen-bond acceptors (Lipinski definition) is 3. The molecule has 0 atom stereocenters. The smallest absolute Gasteiger partial charge is 0.257 e. The number of anilines is 2. The first-order chi connectivity index (χ1) is 9.54. The van der Waals surface area contributed by atoms with Crippen molar-refractivity contribution >= 4 is 33.2 Å². The number of carbonyl (C=O) groups is 1. The summed E-state index contributed by atoms with van der Waals surface area (Å²) >= 11 is 3.39. The highest BCUT2D eigenvalue weighted by atomic mass is 79.9. The van der Waals surface area contributed by atoms with E-state index in [1.165, 1.54) is 18.2 Å². The summed E-state index contributed by atoms with van der Waals surface area (Å²) in [5, 5.41) is 2.74. The largest absolute Gasteiger partial charge is 0.322 e. The molecular formula is C14H13BrFN3O. The third kappa shape index (κ3) is 2.81. The van der Waals surface area contributed by atoms with Crippen molar-refractivity contribution in [2.45, 2.75) is 6.92 Å². The molecule has 2 aromatic rings. The van der Waals surface area contributed by atoms with Crippen LogP contribution in [0.3, 0.4) is 0 Å². The van der Waals surface area contributed by atoms with Crippen molar-refractivity contribution in [3.8, 4) is 0 Å². The summed E-state index contributed by atoms with van der Waals surface area (Å²) in [7, 11) is 0. The van der Waals surface area contributed by atoms with E-state index in [2.05, 4.69) is 26.7 Å². The molecular weight excluding hydrogens is 325 g/mol. The molecule has 0 unspecified atom stereocenters. The topological polar surface area (TPSA) is 67.2 Å². The van der Waals surface area contributed by atoms with Gasteiger partial charge in [-0.2, -0.15) is 0 Å². The highest BCUT2D eigenvalue weighted by Crippen LogP contribution is 2.25. The van der Waals surface area contributed by atoms with Gasteiger partial charge in [0.15, 0.2) is 0 Å². The Balaban J connectivity index is 2.34. The van der Waals surface area contributed by atoms with E-state index < -0.39 is 11.7 Å². The van der Waals surface area contributed by atoms with Crippen LogP contribution in [0.4, 0.5) is 15.8 Å². The summed E-state index contributed by atoms with van der Waals surface area (Å²) in [6, 6.07) is 9.64. The first kappa shape index (κ1) is 14.5. The summed E-state index contributed by atoms with van der Waals surface area (Å²) in [6.45, 7) is 1.87. The molecule has 0 aliphatic rings. The number of amides is 1. The zero-order valence-electron chi connectivity index (χ0n) is 10.7. The number of carbonyl (C=O) groups excluding carboxylic acids is 1. The van der Waals surface area contributed by atoms with Gasteiger partial charge in [-0.15, -0.1) is 0 Å². The van der Waals surface area contributed by atoms with E-state index in [0.29, 0.717) is 5.69 Å². The number of hydrogen-bond donors (Lipinski definition) is 3. The van der Waals surface area contributed by atoms with E-state index in [-0.39, 0.29) is 11.3 Å². The van der Waals surface area contributed by atoms with Crippen LogP contribution in [0, 0.1) is 12.7 Å². The second kappa shape index (κ2) is 6.02. The van der Waals surface area contributed by atoms with Crippen LogP contribution in [0.1, 0.15) is 15.9 Å². The van der Waals surface area contributed by atoms with Gasteiger partial charge in [-0.3, -0.25) is 10.6 Å². The molecule has 2 rings (SSSR count). The molecule has 4 N–H and O–H groups in total. The van der Waals surface area contributed by atoms with E-state index in [9.17, 15) is 9.18 Å². The fourth-order valence-electron chi connectivity index (χ4n) is 1.79. The van der Waals surface area contributed by atoms with Crippen LogP contribution in [0.5, 0.6) is 0 Å². The molecule has 4 nitrogen and oxygen atoms in total. The molecule has 6 heteroatoms. The first-order valence-corrected chi connectivity index (χ1v) is 6.65. The molecule has 20 heavy (non-hydrogen) atoms. The van der Waals surface area contributed by atoms with Gasteiger partial charge in [0.1, 0.15) is 5.82 Å². The molecule has 2 aromatic carbocycles. The summed E-state index contributed by atoms with van der Waals surface area (Å²) in [5.41, 5.74) is 3.86. The molecule has 0 spiro atoms. The lowest BCUT2D eigenvalue weighted by Crippen LogP contribution is -2.18. The van der Waals surface area contributed by atoms with Crippen LogP contribution in [0.2, 0.25) is 0 Å². The minimum Gasteiger partial charge on any atom is -0.322 e. The Hall–Kier alpha value is -1.92. The van der Waals surface area contributed by atoms with Crippen LogP contribution in [0.25, 0.3) is 0 Å². The fraction of sp³-hybridized carbons (Fsp3) is 0.0714. The average Bonchev–Trinajstić information content (AvgIpc) is 2.43. The summed E-state index contributed by atoms with van der Waals surface area (Å²) in [6.07, 6.45) is 0. The summed E-state index contributed by atoms with van der Waals surface area (Å²) in [5.74, 6) is 4.25. The maximum Gasteiger partial charge on any atom is 0.257 e. The Kier molecular flexibility index (Phi) is 4.36. The molecule has 0 aliphatic carbocycles. The molecule has 0 saturated heterocycles. The van der Waals surface area contributed by atoms with Gasteiger partial charge in [-0.1, -0.05) is 28.1 Å². The van der Waals surface area contributed by atoms with Gasteiger partial charge in [0, 0.05) is 10.2 Å². The third-order valence-corrected chi connectivity index (χ3v) is 3.78. The maximum atomic E-state index is 13.6. The minimum absolute atomic E-state index is 0.0300. The van der Waals surface area contributed by atoms with Crippen molar-refractivity contribution in [3.63, 3.8) is 0 Å². The SMILES string of the molecule is Cc1c(Br)cccc1NC(=O)c1cccc(F)c1NN. The Labute approximate surface area is 124 Å². The Bertz CT molecular complexity index is 661. The molecule has 104 valence electrons. The molecule has 0 aromatic heterocycles. The molecule has 0 aliphatic heterocycles. The average molecular weight is 338 g/mol. The lowest BCUT2D eigenvalue weighted by Gasteiger charge is -2.12. The molecule has 1 amide bonds. The lowest BCUT2D eigenvalue weighted by molar-refractivity contribution is 0.102. The highest BCUT2D eigenvalue weighted by molar-refractivity contribution is 9.10. The third-order valence-electron chi connectivity index (χ3n) is 2.92. The van der Waals surface area contributed by atoms with Crippen LogP contribution < -0.4 is 16.6 Å². The van der Waals surface area contributed by atoms with Crippen LogP contribution in [0.15, 0.2) is 40.9 Å². The second-order valence-corrected chi connectivity index (χ2v) is 5.03. The number of halogens is 2. The van der Waals surface area contributed by atoms with Crippen molar-refractivity contribution < 1.29 is 9.18 Å². The first-order valence-electron chi connectivity index (χ1n) is 5.86. The van der Waals surface area contributed by atoms with Gasteiger partial charge in [0.2, 0.25) is 0 Å². The van der Waals surface area contributed by atoms with E-state index in [1.807, 2.05) is 13.0 Å². The van der Waals surface area contributed by atoms with Gasteiger partial charge in [-0.05, 0) is 36.8 Å². The van der Waals surface area contributed by atoms with Gasteiger partial charge < -0.3 is 10.7 Å². The van der Waals surface area contributed by atoms with E-state index in [0.717, 1.165) is 10.0 Å². The van der Waals surface area contributed by atoms with Gasteiger partial charge in [0.25, 0.3) is 5.91 Å². The summed E-state index contributed by atoms with van der Waals surface area (Å²) in [4.78, 5) is 12.2. The normalized spacial score (nSPS) is 10.2. The van der Waals surface area contributed by atoms with Crippen molar-refractivity contribution in [2.75, 3.05) is 10.7 Å². The van der Waals surface area contributed by atoms with E-state index >= 15 is 0 Å². The number of para-hydroxylation sites is 1. The minimum atomic E-state index is -0.578. The molecule has 0 bridgehead atoms. The molecule has 0 heterocycles. The molecule has 0 fully saturated rings. The number of rotatable bonds is 3. The van der Waals surface area contributed by atoms with Crippen molar-refractivity contribution in [2.24, 2.45) is 5.84 Å². The van der Waals surface area contributed by atoms with Gasteiger partial charge >= 0.3 is 0 Å². The Morgan fingerprint density at radius 2 is 1.95 bits per heavy atom. The lowest BCUT2D eigenvalue weighted by atomic mass is 10.1. The zero-order chi connectivity index (χ0) is 14.7. The number of hydrazine groups is 1. The predicted octanol–water partition coefficient (Wildman–Crippen LogP) is 3.43. The van der Waals surface area contributed by atoms with Crippen molar-refractivity contribution in [1.29, 1.82) is 0 Å². The van der Waals surface area contributed by atoms with E-state index in [4.69, 9.17) is 5.84 Å². The second-order valence-electron chi connectivity index (χ2n) is 4.17. The Morgan fingerprint density at radius 1 is 1.25 bits per heavy atom. The monoisotopic (exact) mass is 337 g/mol.